The summed E-state index contributed by atoms with van der Waals surface area (Å²) in [6.45, 7) is 5.36. The number of carbonyl (C=O) groups is 2. The highest BCUT2D eigenvalue weighted by Crippen LogP contribution is 2.24. The summed E-state index contributed by atoms with van der Waals surface area (Å²) in [4.78, 5) is 27.0. The second-order valence-electron chi connectivity index (χ2n) is 6.05. The van der Waals surface area contributed by atoms with E-state index in [1.54, 1.807) is 6.92 Å². The maximum absolute atomic E-state index is 12.4. The highest BCUT2D eigenvalue weighted by atomic mass is 16.3. The molecule has 0 unspecified atom stereocenters. The minimum atomic E-state index is -0.143. The van der Waals surface area contributed by atoms with E-state index >= 15 is 0 Å². The molecular weight excluding hydrogens is 268 g/mol. The number of carbonyl (C=O) groups excluding carboxylic acids is 2. The maximum Gasteiger partial charge on any atom is 0.268 e. The number of hydrogen-bond acceptors (Lipinski definition) is 3. The Balaban J connectivity index is 2.05. The van der Waals surface area contributed by atoms with Gasteiger partial charge in [0.2, 0.25) is 0 Å². The quantitative estimate of drug-likeness (QED) is 0.743. The molecule has 1 saturated carbocycles. The SMILES string of the molecule is CC(=O)c1c(C)[nH]c(C(=O)NC2CCC(CO)CC2)c1C. The topological polar surface area (TPSA) is 82.2 Å². The Morgan fingerprint density at radius 3 is 2.33 bits per heavy atom. The minimum Gasteiger partial charge on any atom is -0.396 e. The summed E-state index contributed by atoms with van der Waals surface area (Å²) in [6.07, 6.45) is 3.69. The van der Waals surface area contributed by atoms with Crippen molar-refractivity contribution in [2.45, 2.75) is 52.5 Å². The predicted octanol–water partition coefficient (Wildman–Crippen LogP) is 2.12. The van der Waals surface area contributed by atoms with Gasteiger partial charge in [0.25, 0.3) is 5.91 Å². The number of aromatic amines is 1. The maximum atomic E-state index is 12.4. The van der Waals surface area contributed by atoms with Crippen molar-refractivity contribution in [1.29, 1.82) is 0 Å². The van der Waals surface area contributed by atoms with Gasteiger partial charge in [-0.2, -0.15) is 0 Å². The van der Waals surface area contributed by atoms with Crippen molar-refractivity contribution in [1.82, 2.24) is 10.3 Å². The Morgan fingerprint density at radius 1 is 1.24 bits per heavy atom. The highest BCUT2D eigenvalue weighted by molar-refractivity contribution is 6.02. The van der Waals surface area contributed by atoms with Crippen LogP contribution < -0.4 is 5.32 Å². The van der Waals surface area contributed by atoms with E-state index in [1.165, 1.54) is 6.92 Å². The van der Waals surface area contributed by atoms with Crippen molar-refractivity contribution in [3.8, 4) is 0 Å². The van der Waals surface area contributed by atoms with Crippen LogP contribution in [0.1, 0.15) is 64.7 Å². The van der Waals surface area contributed by atoms with Gasteiger partial charge in [-0.1, -0.05) is 0 Å². The summed E-state index contributed by atoms with van der Waals surface area (Å²) >= 11 is 0. The molecule has 0 aliphatic heterocycles. The van der Waals surface area contributed by atoms with E-state index in [2.05, 4.69) is 10.3 Å². The largest absolute Gasteiger partial charge is 0.396 e. The van der Waals surface area contributed by atoms with E-state index in [0.29, 0.717) is 17.2 Å². The first-order chi connectivity index (χ1) is 9.93. The summed E-state index contributed by atoms with van der Waals surface area (Å²) in [5, 5.41) is 12.2. The molecule has 116 valence electrons. The monoisotopic (exact) mass is 292 g/mol. The summed E-state index contributed by atoms with van der Waals surface area (Å²) < 4.78 is 0. The number of rotatable bonds is 4. The standard InChI is InChI=1S/C16H24N2O3/c1-9-14(11(3)20)10(2)17-15(9)16(21)18-13-6-4-12(8-19)5-7-13/h12-13,17,19H,4-8H2,1-3H3,(H,18,21). The smallest absolute Gasteiger partial charge is 0.268 e. The van der Waals surface area contributed by atoms with Gasteiger partial charge in [0.05, 0.1) is 0 Å². The van der Waals surface area contributed by atoms with Crippen LogP contribution in [-0.2, 0) is 0 Å². The normalized spacial score (nSPS) is 22.1. The average Bonchev–Trinajstić information content (AvgIpc) is 2.75. The molecule has 5 nitrogen and oxygen atoms in total. The Hall–Kier alpha value is -1.62. The molecule has 1 aliphatic carbocycles. The van der Waals surface area contributed by atoms with E-state index in [-0.39, 0.29) is 24.3 Å². The molecule has 0 saturated heterocycles. The average molecular weight is 292 g/mol. The van der Waals surface area contributed by atoms with Crippen molar-refractivity contribution in [3.63, 3.8) is 0 Å². The number of ketones is 1. The molecule has 0 radical (unpaired) electrons. The van der Waals surface area contributed by atoms with Crippen LogP contribution >= 0.6 is 0 Å². The van der Waals surface area contributed by atoms with Crippen LogP contribution in [0, 0.1) is 19.8 Å². The molecule has 2 rings (SSSR count). The Morgan fingerprint density at radius 2 is 1.86 bits per heavy atom. The first-order valence-corrected chi connectivity index (χ1v) is 7.55. The third-order valence-corrected chi connectivity index (χ3v) is 4.46. The molecule has 5 heteroatoms. The van der Waals surface area contributed by atoms with E-state index in [0.717, 1.165) is 36.9 Å². The molecule has 0 aromatic carbocycles. The molecule has 1 aromatic rings. The van der Waals surface area contributed by atoms with Crippen molar-refractivity contribution >= 4 is 11.7 Å². The zero-order valence-electron chi connectivity index (χ0n) is 13.0. The lowest BCUT2D eigenvalue weighted by Crippen LogP contribution is -2.38. The van der Waals surface area contributed by atoms with E-state index in [9.17, 15) is 9.59 Å². The number of aryl methyl sites for hydroxylation is 1. The van der Waals surface area contributed by atoms with E-state index in [4.69, 9.17) is 5.11 Å². The third kappa shape index (κ3) is 3.35. The second-order valence-corrected chi connectivity index (χ2v) is 6.05. The number of aliphatic hydroxyl groups is 1. The summed E-state index contributed by atoms with van der Waals surface area (Å²) in [6, 6.07) is 0.157. The van der Waals surface area contributed by atoms with Crippen molar-refractivity contribution in [2.24, 2.45) is 5.92 Å². The van der Waals surface area contributed by atoms with Crippen LogP contribution in [-0.4, -0.2) is 34.4 Å². The van der Waals surface area contributed by atoms with Crippen LogP contribution in [0.2, 0.25) is 0 Å². The van der Waals surface area contributed by atoms with Crippen molar-refractivity contribution < 1.29 is 14.7 Å². The first kappa shape index (κ1) is 15.8. The van der Waals surface area contributed by atoms with Gasteiger partial charge in [0, 0.05) is 23.9 Å². The number of H-pyrrole nitrogens is 1. The van der Waals surface area contributed by atoms with Gasteiger partial charge in [0.1, 0.15) is 5.69 Å². The van der Waals surface area contributed by atoms with Crippen LogP contribution in [0.3, 0.4) is 0 Å². The molecule has 3 N–H and O–H groups in total. The number of amides is 1. The van der Waals surface area contributed by atoms with Gasteiger partial charge < -0.3 is 15.4 Å². The zero-order chi connectivity index (χ0) is 15.6. The number of aliphatic hydroxyl groups excluding tert-OH is 1. The zero-order valence-corrected chi connectivity index (χ0v) is 13.0. The van der Waals surface area contributed by atoms with Gasteiger partial charge in [-0.3, -0.25) is 9.59 Å². The van der Waals surface area contributed by atoms with E-state index < -0.39 is 0 Å². The van der Waals surface area contributed by atoms with Gasteiger partial charge in [-0.05, 0) is 57.9 Å². The molecule has 1 fully saturated rings. The van der Waals surface area contributed by atoms with Crippen molar-refractivity contribution in [2.75, 3.05) is 6.61 Å². The summed E-state index contributed by atoms with van der Waals surface area (Å²) in [5.74, 6) is 0.205. The Kier molecular flexibility index (Phi) is 4.83. The number of nitrogens with one attached hydrogen (secondary N) is 2. The molecule has 21 heavy (non-hydrogen) atoms. The van der Waals surface area contributed by atoms with Gasteiger partial charge >= 0.3 is 0 Å². The molecule has 0 bridgehead atoms. The van der Waals surface area contributed by atoms with Crippen molar-refractivity contribution in [3.05, 3.63) is 22.5 Å². The fourth-order valence-corrected chi connectivity index (χ4v) is 3.25. The van der Waals surface area contributed by atoms with Gasteiger partial charge in [0.15, 0.2) is 5.78 Å². The number of Topliss-reactive ketones (excluding diaryl/α,β-unsaturated/α-hetero) is 1. The molecule has 1 heterocycles. The van der Waals surface area contributed by atoms with Crippen LogP contribution in [0.25, 0.3) is 0 Å². The summed E-state index contributed by atoms with van der Waals surface area (Å²) in [5.41, 5.74) is 2.57. The molecule has 1 aliphatic rings. The van der Waals surface area contributed by atoms with Gasteiger partial charge in [-0.25, -0.2) is 0 Å². The fourth-order valence-electron chi connectivity index (χ4n) is 3.25. The highest BCUT2D eigenvalue weighted by Gasteiger charge is 2.25. The molecule has 1 aromatic heterocycles. The molecule has 0 spiro atoms. The summed E-state index contributed by atoms with van der Waals surface area (Å²) in [7, 11) is 0. The predicted molar refractivity (Wildman–Crippen MR) is 80.6 cm³/mol. The third-order valence-electron chi connectivity index (χ3n) is 4.46. The lowest BCUT2D eigenvalue weighted by molar-refractivity contribution is 0.0908. The lowest BCUT2D eigenvalue weighted by Gasteiger charge is -2.27. The molecule has 0 atom stereocenters. The van der Waals surface area contributed by atoms with Crippen LogP contribution in [0.15, 0.2) is 0 Å². The lowest BCUT2D eigenvalue weighted by atomic mass is 9.86. The first-order valence-electron chi connectivity index (χ1n) is 7.55. The Labute approximate surface area is 125 Å². The van der Waals surface area contributed by atoms with Crippen LogP contribution in [0.5, 0.6) is 0 Å². The Bertz CT molecular complexity index is 540. The number of aromatic nitrogens is 1. The molecular formula is C16H24N2O3. The van der Waals surface area contributed by atoms with Gasteiger partial charge in [-0.15, -0.1) is 0 Å². The second kappa shape index (κ2) is 6.43. The number of hydrogen-bond donors (Lipinski definition) is 3. The fraction of sp³-hybridized carbons (Fsp3) is 0.625. The van der Waals surface area contributed by atoms with E-state index in [1.807, 2.05) is 6.92 Å². The molecule has 1 amide bonds. The van der Waals surface area contributed by atoms with Crippen LogP contribution in [0.4, 0.5) is 0 Å². The minimum absolute atomic E-state index is 0.0243.